The number of benzene rings is 1. The van der Waals surface area contributed by atoms with E-state index in [4.69, 9.17) is 0 Å². The van der Waals surface area contributed by atoms with E-state index in [1.165, 1.54) is 0 Å². The smallest absolute Gasteiger partial charge is 0.0827 e. The highest BCUT2D eigenvalue weighted by atomic mass is 16.3. The minimum absolute atomic E-state index is 0.236. The Balaban J connectivity index is 2.52. The number of nitrogens with zero attached hydrogens (tertiary/aromatic N) is 1. The molecule has 2 heteroatoms. The molecule has 0 saturated heterocycles. The van der Waals surface area contributed by atoms with Crippen molar-refractivity contribution in [1.29, 1.82) is 0 Å². The van der Waals surface area contributed by atoms with Crippen LogP contribution in [0.2, 0.25) is 0 Å². The molecule has 102 valence electrons. The zero-order valence-electron chi connectivity index (χ0n) is 12.4. The van der Waals surface area contributed by atoms with Crippen LogP contribution in [0.3, 0.4) is 0 Å². The number of hydrogen-bond acceptors (Lipinski definition) is 2. The molecular formula is C16H27NO. The van der Waals surface area contributed by atoms with Crippen LogP contribution in [0.4, 0.5) is 0 Å². The highest BCUT2D eigenvalue weighted by Gasteiger charge is 2.20. The molecule has 0 spiro atoms. The number of aliphatic hydroxyl groups excluding tert-OH is 1. The van der Waals surface area contributed by atoms with Gasteiger partial charge in [0.2, 0.25) is 0 Å². The predicted octanol–water partition coefficient (Wildman–Crippen LogP) is 3.33. The molecule has 0 bridgehead atoms. The summed E-state index contributed by atoms with van der Waals surface area (Å²) in [7, 11) is 2.12. The molecule has 0 aromatic heterocycles. The van der Waals surface area contributed by atoms with E-state index in [2.05, 4.69) is 39.6 Å². The highest BCUT2D eigenvalue weighted by molar-refractivity contribution is 5.17. The lowest BCUT2D eigenvalue weighted by Crippen LogP contribution is -2.34. The number of rotatable bonds is 5. The van der Waals surface area contributed by atoms with Crippen molar-refractivity contribution >= 4 is 0 Å². The van der Waals surface area contributed by atoms with Crippen molar-refractivity contribution in [2.45, 2.75) is 33.8 Å². The fraction of sp³-hybridized carbons (Fsp3) is 0.625. The molecule has 0 saturated carbocycles. The first-order chi connectivity index (χ1) is 8.29. The van der Waals surface area contributed by atoms with Gasteiger partial charge in [-0.3, -0.25) is 0 Å². The first-order valence-electron chi connectivity index (χ1n) is 6.71. The van der Waals surface area contributed by atoms with E-state index in [-0.39, 0.29) is 12.0 Å². The molecule has 0 amide bonds. The summed E-state index contributed by atoms with van der Waals surface area (Å²) in [5, 5.41) is 10.3. The van der Waals surface area contributed by atoms with E-state index < -0.39 is 0 Å². The number of hydrogen-bond donors (Lipinski definition) is 1. The molecule has 1 aromatic rings. The van der Waals surface area contributed by atoms with Gasteiger partial charge in [-0.25, -0.2) is 0 Å². The summed E-state index contributed by atoms with van der Waals surface area (Å²) in [5.41, 5.74) is 1.31. The molecule has 2 nitrogen and oxygen atoms in total. The summed E-state index contributed by atoms with van der Waals surface area (Å²) in [5.74, 6) is 0.236. The minimum atomic E-state index is -0.381. The van der Waals surface area contributed by atoms with Gasteiger partial charge in [-0.05, 0) is 23.9 Å². The van der Waals surface area contributed by atoms with Crippen molar-refractivity contribution in [3.63, 3.8) is 0 Å². The first kappa shape index (κ1) is 15.2. The molecule has 1 rings (SSSR count). The van der Waals surface area contributed by atoms with Crippen LogP contribution < -0.4 is 0 Å². The van der Waals surface area contributed by atoms with Crippen LogP contribution in [0.15, 0.2) is 30.3 Å². The third kappa shape index (κ3) is 5.19. The molecule has 1 aromatic carbocycles. The van der Waals surface area contributed by atoms with Crippen LogP contribution in [0.1, 0.15) is 39.4 Å². The molecule has 0 radical (unpaired) electrons. The maximum absolute atomic E-state index is 10.3. The second-order valence-electron chi connectivity index (χ2n) is 6.59. The van der Waals surface area contributed by atoms with E-state index in [9.17, 15) is 5.11 Å². The van der Waals surface area contributed by atoms with Gasteiger partial charge in [0.25, 0.3) is 0 Å². The Morgan fingerprint density at radius 3 is 2.22 bits per heavy atom. The standard InChI is InChI=1S/C16H27NO/c1-13(11-17(5)12-16(2,3)4)15(18)14-9-7-6-8-10-14/h6-10,13,15,18H,11-12H2,1-5H3. The van der Waals surface area contributed by atoms with Gasteiger partial charge in [-0.2, -0.15) is 0 Å². The Bertz CT molecular complexity index is 342. The van der Waals surface area contributed by atoms with Crippen molar-refractivity contribution in [1.82, 2.24) is 4.90 Å². The van der Waals surface area contributed by atoms with Crippen LogP contribution in [-0.4, -0.2) is 30.1 Å². The van der Waals surface area contributed by atoms with E-state index in [0.717, 1.165) is 18.7 Å². The zero-order valence-corrected chi connectivity index (χ0v) is 12.4. The molecule has 0 aliphatic rings. The summed E-state index contributed by atoms with van der Waals surface area (Å²) in [4.78, 5) is 2.30. The quantitative estimate of drug-likeness (QED) is 0.865. The van der Waals surface area contributed by atoms with Gasteiger partial charge >= 0.3 is 0 Å². The summed E-state index contributed by atoms with van der Waals surface area (Å²) in [6.07, 6.45) is -0.381. The molecule has 2 unspecified atom stereocenters. The van der Waals surface area contributed by atoms with Crippen LogP contribution in [-0.2, 0) is 0 Å². The molecular weight excluding hydrogens is 222 g/mol. The van der Waals surface area contributed by atoms with Crippen molar-refractivity contribution in [2.24, 2.45) is 11.3 Å². The van der Waals surface area contributed by atoms with E-state index in [0.29, 0.717) is 5.41 Å². The SMILES string of the molecule is CC(CN(C)CC(C)(C)C)C(O)c1ccccc1. The lowest BCUT2D eigenvalue weighted by atomic mass is 9.94. The van der Waals surface area contributed by atoms with Crippen molar-refractivity contribution in [2.75, 3.05) is 20.1 Å². The fourth-order valence-corrected chi connectivity index (χ4v) is 2.44. The Morgan fingerprint density at radius 2 is 1.72 bits per heavy atom. The van der Waals surface area contributed by atoms with E-state index in [1.54, 1.807) is 0 Å². The summed E-state index contributed by atoms with van der Waals surface area (Å²) >= 11 is 0. The maximum atomic E-state index is 10.3. The van der Waals surface area contributed by atoms with Crippen molar-refractivity contribution in [3.05, 3.63) is 35.9 Å². The van der Waals surface area contributed by atoms with Gasteiger partial charge in [0.15, 0.2) is 0 Å². The Morgan fingerprint density at radius 1 is 1.17 bits per heavy atom. The minimum Gasteiger partial charge on any atom is -0.388 e. The van der Waals surface area contributed by atoms with Crippen LogP contribution in [0, 0.1) is 11.3 Å². The summed E-state index contributed by atoms with van der Waals surface area (Å²) in [6, 6.07) is 9.91. The average molecular weight is 249 g/mol. The first-order valence-corrected chi connectivity index (χ1v) is 6.71. The summed E-state index contributed by atoms with van der Waals surface area (Å²) in [6.45, 7) is 10.8. The normalized spacial score (nSPS) is 15.7. The Hall–Kier alpha value is -0.860. The van der Waals surface area contributed by atoms with Crippen LogP contribution >= 0.6 is 0 Å². The second-order valence-corrected chi connectivity index (χ2v) is 6.59. The van der Waals surface area contributed by atoms with Gasteiger partial charge in [0.05, 0.1) is 6.10 Å². The largest absolute Gasteiger partial charge is 0.388 e. The monoisotopic (exact) mass is 249 g/mol. The van der Waals surface area contributed by atoms with Crippen molar-refractivity contribution < 1.29 is 5.11 Å². The number of aliphatic hydroxyl groups is 1. The zero-order chi connectivity index (χ0) is 13.8. The third-order valence-electron chi connectivity index (χ3n) is 3.02. The molecule has 2 atom stereocenters. The van der Waals surface area contributed by atoms with E-state index in [1.807, 2.05) is 30.3 Å². The highest BCUT2D eigenvalue weighted by Crippen LogP contribution is 2.23. The van der Waals surface area contributed by atoms with Gasteiger partial charge in [0, 0.05) is 13.1 Å². The Kier molecular flexibility index (Phi) is 5.36. The van der Waals surface area contributed by atoms with Gasteiger partial charge < -0.3 is 10.0 Å². The summed E-state index contributed by atoms with van der Waals surface area (Å²) < 4.78 is 0. The van der Waals surface area contributed by atoms with Gasteiger partial charge in [0.1, 0.15) is 0 Å². The molecule has 0 aliphatic heterocycles. The molecule has 18 heavy (non-hydrogen) atoms. The fourth-order valence-electron chi connectivity index (χ4n) is 2.44. The van der Waals surface area contributed by atoms with Crippen LogP contribution in [0.25, 0.3) is 0 Å². The lowest BCUT2D eigenvalue weighted by molar-refractivity contribution is 0.0860. The Labute approximate surface area is 112 Å². The maximum Gasteiger partial charge on any atom is 0.0827 e. The van der Waals surface area contributed by atoms with E-state index >= 15 is 0 Å². The lowest BCUT2D eigenvalue weighted by Gasteiger charge is -2.30. The third-order valence-corrected chi connectivity index (χ3v) is 3.02. The molecule has 1 N–H and O–H groups in total. The van der Waals surface area contributed by atoms with Crippen molar-refractivity contribution in [3.8, 4) is 0 Å². The molecule has 0 fully saturated rings. The van der Waals surface area contributed by atoms with Gasteiger partial charge in [-0.15, -0.1) is 0 Å². The van der Waals surface area contributed by atoms with Crippen LogP contribution in [0.5, 0.6) is 0 Å². The predicted molar refractivity (Wildman–Crippen MR) is 77.5 cm³/mol. The second kappa shape index (κ2) is 6.35. The topological polar surface area (TPSA) is 23.5 Å². The van der Waals surface area contributed by atoms with Gasteiger partial charge in [-0.1, -0.05) is 58.0 Å². The molecule has 0 heterocycles. The average Bonchev–Trinajstić information content (AvgIpc) is 2.26. The molecule has 0 aliphatic carbocycles.